The average Bonchev–Trinajstić information content (AvgIpc) is 3.17. The smallest absolute Gasteiger partial charge is 0.289 e. The van der Waals surface area contributed by atoms with E-state index in [1.807, 2.05) is 33.8 Å². The zero-order chi connectivity index (χ0) is 16.8. The van der Waals surface area contributed by atoms with Crippen LogP contribution in [0.15, 0.2) is 16.7 Å². The molecule has 0 aromatic carbocycles. The highest BCUT2D eigenvalue weighted by Crippen LogP contribution is 2.32. The first-order valence-corrected chi connectivity index (χ1v) is 7.81. The number of furan rings is 1. The van der Waals surface area contributed by atoms with Crippen LogP contribution in [-0.2, 0) is 5.60 Å². The Morgan fingerprint density at radius 1 is 1.43 bits per heavy atom. The van der Waals surface area contributed by atoms with Gasteiger partial charge < -0.3 is 14.4 Å². The van der Waals surface area contributed by atoms with E-state index in [0.29, 0.717) is 30.2 Å². The topological polar surface area (TPSA) is 84.4 Å². The van der Waals surface area contributed by atoms with Crippen molar-refractivity contribution in [1.82, 2.24) is 19.9 Å². The molecule has 1 unspecified atom stereocenters. The fourth-order valence-corrected chi connectivity index (χ4v) is 2.92. The molecule has 0 radical (unpaired) electrons. The quantitative estimate of drug-likeness (QED) is 0.933. The van der Waals surface area contributed by atoms with Crippen LogP contribution in [-0.4, -0.2) is 44.0 Å². The minimum atomic E-state index is -1.15. The Bertz CT molecular complexity index is 734. The van der Waals surface area contributed by atoms with Crippen LogP contribution in [0.1, 0.15) is 53.9 Å². The third-order valence-corrected chi connectivity index (χ3v) is 4.29. The molecule has 0 aliphatic carbocycles. The van der Waals surface area contributed by atoms with Gasteiger partial charge in [0.2, 0.25) is 0 Å². The first-order chi connectivity index (χ1) is 10.8. The van der Waals surface area contributed by atoms with Gasteiger partial charge in [0, 0.05) is 24.6 Å². The summed E-state index contributed by atoms with van der Waals surface area (Å²) in [7, 11) is 0. The maximum Gasteiger partial charge on any atom is 0.289 e. The zero-order valence-corrected chi connectivity index (χ0v) is 13.9. The number of aromatic nitrogens is 3. The van der Waals surface area contributed by atoms with Gasteiger partial charge in [-0.1, -0.05) is 5.21 Å². The Hall–Kier alpha value is -2.15. The number of rotatable bonds is 3. The molecular formula is C16H22N4O3. The number of carbonyl (C=O) groups excluding carboxylic acids is 1. The number of β-amino-alcohol motifs (C(OH)–C–C–N with tert-alkyl or cyclic N) is 1. The van der Waals surface area contributed by atoms with E-state index >= 15 is 0 Å². The van der Waals surface area contributed by atoms with Crippen LogP contribution in [0.4, 0.5) is 0 Å². The van der Waals surface area contributed by atoms with E-state index in [1.165, 1.54) is 0 Å². The van der Waals surface area contributed by atoms with Crippen molar-refractivity contribution >= 4 is 5.91 Å². The SMILES string of the molecule is Cc1cc(C)c(C(=O)N2CCC(O)(c3cn(C(C)C)nn3)C2)o1. The molecule has 1 saturated heterocycles. The lowest BCUT2D eigenvalue weighted by molar-refractivity contribution is 0.0372. The van der Waals surface area contributed by atoms with Crippen molar-refractivity contribution in [2.75, 3.05) is 13.1 Å². The molecule has 1 fully saturated rings. The highest BCUT2D eigenvalue weighted by molar-refractivity contribution is 5.93. The van der Waals surface area contributed by atoms with E-state index in [-0.39, 0.29) is 18.5 Å². The molecule has 1 atom stereocenters. The van der Waals surface area contributed by atoms with Crippen LogP contribution in [0.25, 0.3) is 0 Å². The summed E-state index contributed by atoms with van der Waals surface area (Å²) in [6.07, 6.45) is 2.19. The summed E-state index contributed by atoms with van der Waals surface area (Å²) >= 11 is 0. The van der Waals surface area contributed by atoms with Crippen molar-refractivity contribution in [3.63, 3.8) is 0 Å². The number of nitrogens with zero attached hydrogens (tertiary/aromatic N) is 4. The van der Waals surface area contributed by atoms with Crippen molar-refractivity contribution in [3.8, 4) is 0 Å². The largest absolute Gasteiger partial charge is 0.456 e. The van der Waals surface area contributed by atoms with Crippen molar-refractivity contribution in [2.24, 2.45) is 0 Å². The Kier molecular flexibility index (Phi) is 3.75. The van der Waals surface area contributed by atoms with Crippen LogP contribution in [0, 0.1) is 13.8 Å². The summed E-state index contributed by atoms with van der Waals surface area (Å²) in [5.41, 5.74) is 0.167. The highest BCUT2D eigenvalue weighted by atomic mass is 16.4. The van der Waals surface area contributed by atoms with Crippen molar-refractivity contribution < 1.29 is 14.3 Å². The lowest BCUT2D eigenvalue weighted by Gasteiger charge is -2.20. The van der Waals surface area contributed by atoms with Crippen LogP contribution in [0.5, 0.6) is 0 Å². The molecule has 1 N–H and O–H groups in total. The molecule has 2 aromatic rings. The van der Waals surface area contributed by atoms with Crippen molar-refractivity contribution in [3.05, 3.63) is 35.0 Å². The molecule has 23 heavy (non-hydrogen) atoms. The van der Waals surface area contributed by atoms with Gasteiger partial charge in [-0.15, -0.1) is 5.10 Å². The third kappa shape index (κ3) is 2.76. The van der Waals surface area contributed by atoms with Crippen LogP contribution in [0.3, 0.4) is 0 Å². The number of carbonyl (C=O) groups is 1. The first-order valence-electron chi connectivity index (χ1n) is 7.81. The number of hydrogen-bond acceptors (Lipinski definition) is 5. The third-order valence-electron chi connectivity index (χ3n) is 4.29. The second kappa shape index (κ2) is 5.49. The molecule has 1 aliphatic rings. The summed E-state index contributed by atoms with van der Waals surface area (Å²) in [5.74, 6) is 0.862. The minimum absolute atomic E-state index is 0.174. The molecule has 1 aliphatic heterocycles. The van der Waals surface area contributed by atoms with Crippen LogP contribution >= 0.6 is 0 Å². The Morgan fingerprint density at radius 3 is 2.74 bits per heavy atom. The monoisotopic (exact) mass is 318 g/mol. The fraction of sp³-hybridized carbons (Fsp3) is 0.562. The van der Waals surface area contributed by atoms with Gasteiger partial charge in [-0.3, -0.25) is 4.79 Å². The van der Waals surface area contributed by atoms with Gasteiger partial charge in [-0.25, -0.2) is 4.68 Å². The normalized spacial score (nSPS) is 21.4. The molecule has 124 valence electrons. The number of hydrogen-bond donors (Lipinski definition) is 1. The Labute approximate surface area is 134 Å². The predicted octanol–water partition coefficient (Wildman–Crippen LogP) is 1.80. The zero-order valence-electron chi connectivity index (χ0n) is 13.9. The molecule has 3 rings (SSSR count). The highest BCUT2D eigenvalue weighted by Gasteiger charge is 2.43. The van der Waals surface area contributed by atoms with E-state index < -0.39 is 5.60 Å². The summed E-state index contributed by atoms with van der Waals surface area (Å²) in [5, 5.41) is 19.0. The second-order valence-electron chi connectivity index (χ2n) is 6.56. The maximum atomic E-state index is 12.6. The van der Waals surface area contributed by atoms with Crippen molar-refractivity contribution in [1.29, 1.82) is 0 Å². The van der Waals surface area contributed by atoms with Crippen molar-refractivity contribution in [2.45, 2.75) is 45.8 Å². The molecule has 7 heteroatoms. The first kappa shape index (κ1) is 15.7. The van der Waals surface area contributed by atoms with Gasteiger partial charge in [-0.05, 0) is 33.8 Å². The van der Waals surface area contributed by atoms with Crippen LogP contribution < -0.4 is 0 Å². The Morgan fingerprint density at radius 2 is 2.17 bits per heavy atom. The van der Waals surface area contributed by atoms with E-state index in [4.69, 9.17) is 4.42 Å². The molecule has 0 saturated carbocycles. The lowest BCUT2D eigenvalue weighted by Crippen LogP contribution is -2.34. The number of likely N-dealkylation sites (tertiary alicyclic amines) is 1. The lowest BCUT2D eigenvalue weighted by atomic mass is 10.00. The van der Waals surface area contributed by atoms with Gasteiger partial charge in [-0.2, -0.15) is 0 Å². The van der Waals surface area contributed by atoms with Gasteiger partial charge in [0.05, 0.1) is 12.7 Å². The standard InChI is InChI=1S/C16H22N4O3/c1-10(2)20-8-13(17-18-20)16(22)5-6-19(9-16)15(21)14-11(3)7-12(4)23-14/h7-8,10,22H,5-6,9H2,1-4H3. The molecule has 2 aromatic heterocycles. The number of amides is 1. The average molecular weight is 318 g/mol. The Balaban J connectivity index is 1.79. The molecule has 0 bridgehead atoms. The summed E-state index contributed by atoms with van der Waals surface area (Å²) in [6, 6.07) is 2.01. The second-order valence-corrected chi connectivity index (χ2v) is 6.56. The van der Waals surface area contributed by atoms with Gasteiger partial charge >= 0.3 is 0 Å². The van der Waals surface area contributed by atoms with E-state index in [1.54, 1.807) is 15.8 Å². The molecule has 7 nitrogen and oxygen atoms in total. The summed E-state index contributed by atoms with van der Waals surface area (Å²) < 4.78 is 7.20. The van der Waals surface area contributed by atoms with Gasteiger partial charge in [0.1, 0.15) is 17.1 Å². The van der Waals surface area contributed by atoms with Gasteiger partial charge in [0.25, 0.3) is 5.91 Å². The van der Waals surface area contributed by atoms with E-state index in [0.717, 1.165) is 5.56 Å². The molecular weight excluding hydrogens is 296 g/mol. The number of aryl methyl sites for hydroxylation is 2. The fourth-order valence-electron chi connectivity index (χ4n) is 2.92. The van der Waals surface area contributed by atoms with Crippen LogP contribution in [0.2, 0.25) is 0 Å². The predicted molar refractivity (Wildman–Crippen MR) is 83.0 cm³/mol. The summed E-state index contributed by atoms with van der Waals surface area (Å²) in [4.78, 5) is 14.2. The van der Waals surface area contributed by atoms with Gasteiger partial charge in [0.15, 0.2) is 5.76 Å². The van der Waals surface area contributed by atoms with E-state index in [9.17, 15) is 9.90 Å². The maximum absolute atomic E-state index is 12.6. The summed E-state index contributed by atoms with van der Waals surface area (Å²) in [6.45, 7) is 8.31. The molecule has 1 amide bonds. The van der Waals surface area contributed by atoms with E-state index in [2.05, 4.69) is 10.3 Å². The molecule has 3 heterocycles. The molecule has 0 spiro atoms. The number of aliphatic hydroxyl groups is 1. The minimum Gasteiger partial charge on any atom is -0.456 e.